The first-order chi connectivity index (χ1) is 14.0. The predicted molar refractivity (Wildman–Crippen MR) is 107 cm³/mol. The van der Waals surface area contributed by atoms with Gasteiger partial charge in [0.05, 0.1) is 0 Å². The number of hydrogen-bond acceptors (Lipinski definition) is 7. The largest absolute Gasteiger partial charge is 0.433 e. The van der Waals surface area contributed by atoms with E-state index in [-0.39, 0.29) is 34.7 Å². The smallest absolute Gasteiger partial charge is 0.365 e. The summed E-state index contributed by atoms with van der Waals surface area (Å²) in [6.07, 6.45) is -1.60. The Labute approximate surface area is 171 Å². The lowest BCUT2D eigenvalue weighted by Crippen LogP contribution is -2.43. The lowest BCUT2D eigenvalue weighted by atomic mass is 10.1. The number of rotatable bonds is 5. The van der Waals surface area contributed by atoms with E-state index in [1.54, 1.807) is 13.8 Å². The van der Waals surface area contributed by atoms with Gasteiger partial charge in [-0.25, -0.2) is 9.97 Å². The minimum absolute atomic E-state index is 0.0284. The van der Waals surface area contributed by atoms with Gasteiger partial charge in [0.15, 0.2) is 0 Å². The maximum atomic E-state index is 13.3. The summed E-state index contributed by atoms with van der Waals surface area (Å²) in [6.45, 7) is 4.71. The van der Waals surface area contributed by atoms with Crippen molar-refractivity contribution in [1.82, 2.24) is 15.0 Å². The van der Waals surface area contributed by atoms with Crippen LogP contribution < -0.4 is 21.7 Å². The van der Waals surface area contributed by atoms with Crippen molar-refractivity contribution >= 4 is 23.4 Å². The number of piperidine rings is 1. The number of primary amides is 1. The Morgan fingerprint density at radius 2 is 2.03 bits per heavy atom. The maximum Gasteiger partial charge on any atom is 0.433 e. The van der Waals surface area contributed by atoms with Crippen LogP contribution in [-0.2, 0) is 6.18 Å². The molecule has 8 nitrogen and oxygen atoms in total. The molecule has 0 aromatic carbocycles. The van der Waals surface area contributed by atoms with Crippen molar-refractivity contribution in [2.75, 3.05) is 23.3 Å². The Kier molecular flexibility index (Phi) is 6.11. The van der Waals surface area contributed by atoms with Gasteiger partial charge in [0, 0.05) is 36.7 Å². The summed E-state index contributed by atoms with van der Waals surface area (Å²) in [4.78, 5) is 25.9. The maximum absolute atomic E-state index is 13.3. The highest BCUT2D eigenvalue weighted by Gasteiger charge is 2.33. The second-order valence-electron chi connectivity index (χ2n) is 7.59. The van der Waals surface area contributed by atoms with Gasteiger partial charge in [-0.3, -0.25) is 4.79 Å². The van der Waals surface area contributed by atoms with Gasteiger partial charge in [-0.1, -0.05) is 13.8 Å². The second-order valence-corrected chi connectivity index (χ2v) is 7.59. The number of anilines is 3. The number of nitrogens with two attached hydrogens (primary N) is 2. The van der Waals surface area contributed by atoms with Crippen LogP contribution in [0.1, 0.15) is 54.4 Å². The number of alkyl halides is 3. The molecule has 30 heavy (non-hydrogen) atoms. The standard InChI is InChI=1S/C19H24F3N7O/c1-10(2)14-6-12(7-15(27-14)19(20,21)22)26-17-13(16(24)30)8-25-18(28-17)29-5-3-4-11(23)9-29/h6-8,10-11H,3-5,9,23H2,1-2H3,(H2,24,30)(H,25,26,27,28). The summed E-state index contributed by atoms with van der Waals surface area (Å²) in [7, 11) is 0. The average Bonchev–Trinajstić information content (AvgIpc) is 2.66. The first kappa shape index (κ1) is 21.8. The minimum Gasteiger partial charge on any atom is -0.365 e. The highest BCUT2D eigenvalue weighted by molar-refractivity contribution is 5.98. The first-order valence-electron chi connectivity index (χ1n) is 9.58. The summed E-state index contributed by atoms with van der Waals surface area (Å²) in [6, 6.07) is 2.33. The Morgan fingerprint density at radius 3 is 2.63 bits per heavy atom. The molecule has 2 aromatic heterocycles. The van der Waals surface area contributed by atoms with E-state index in [9.17, 15) is 18.0 Å². The van der Waals surface area contributed by atoms with Crippen molar-refractivity contribution in [3.63, 3.8) is 0 Å². The van der Waals surface area contributed by atoms with Crippen molar-refractivity contribution in [1.29, 1.82) is 0 Å². The summed E-state index contributed by atoms with van der Waals surface area (Å²) >= 11 is 0. The van der Waals surface area contributed by atoms with Gasteiger partial charge < -0.3 is 21.7 Å². The molecule has 1 amide bonds. The summed E-state index contributed by atoms with van der Waals surface area (Å²) in [5, 5.41) is 2.80. The molecule has 1 unspecified atom stereocenters. The summed E-state index contributed by atoms with van der Waals surface area (Å²) in [5.74, 6) is -0.680. The number of hydrogen-bond donors (Lipinski definition) is 3. The zero-order valence-electron chi connectivity index (χ0n) is 16.7. The van der Waals surface area contributed by atoms with E-state index in [4.69, 9.17) is 11.5 Å². The monoisotopic (exact) mass is 423 g/mol. The molecule has 0 bridgehead atoms. The molecule has 1 aliphatic heterocycles. The number of nitrogens with zero attached hydrogens (tertiary/aromatic N) is 4. The number of carbonyl (C=O) groups is 1. The van der Waals surface area contributed by atoms with Crippen LogP contribution in [0, 0.1) is 0 Å². The van der Waals surface area contributed by atoms with Crippen LogP contribution in [0.2, 0.25) is 0 Å². The van der Waals surface area contributed by atoms with Crippen LogP contribution in [0.3, 0.4) is 0 Å². The van der Waals surface area contributed by atoms with Crippen LogP contribution in [0.5, 0.6) is 0 Å². The van der Waals surface area contributed by atoms with Crippen LogP contribution in [0.15, 0.2) is 18.3 Å². The summed E-state index contributed by atoms with van der Waals surface area (Å²) in [5.41, 5.74) is 10.7. The van der Waals surface area contributed by atoms with Crippen LogP contribution in [0.4, 0.5) is 30.6 Å². The van der Waals surface area contributed by atoms with E-state index < -0.39 is 17.8 Å². The predicted octanol–water partition coefficient (Wildman–Crippen LogP) is 2.78. The zero-order valence-corrected chi connectivity index (χ0v) is 16.7. The van der Waals surface area contributed by atoms with Crippen LogP contribution in [0.25, 0.3) is 0 Å². The molecule has 11 heteroatoms. The fourth-order valence-electron chi connectivity index (χ4n) is 3.19. The van der Waals surface area contributed by atoms with Crippen molar-refractivity contribution < 1.29 is 18.0 Å². The molecular formula is C19H24F3N7O. The van der Waals surface area contributed by atoms with E-state index in [2.05, 4.69) is 20.3 Å². The molecule has 0 saturated carbocycles. The Balaban J connectivity index is 2.01. The third-order valence-corrected chi connectivity index (χ3v) is 4.77. The Bertz CT molecular complexity index is 933. The molecule has 2 aromatic rings. The fraction of sp³-hybridized carbons (Fsp3) is 0.474. The topological polar surface area (TPSA) is 123 Å². The molecule has 3 heterocycles. The summed E-state index contributed by atoms with van der Waals surface area (Å²) < 4.78 is 39.9. The number of nitrogens with one attached hydrogen (secondary N) is 1. The van der Waals surface area contributed by atoms with Gasteiger partial charge in [-0.05, 0) is 30.9 Å². The Morgan fingerprint density at radius 1 is 1.30 bits per heavy atom. The number of carbonyl (C=O) groups excluding carboxylic acids is 1. The van der Waals surface area contributed by atoms with Gasteiger partial charge in [-0.15, -0.1) is 0 Å². The van der Waals surface area contributed by atoms with Gasteiger partial charge >= 0.3 is 6.18 Å². The third-order valence-electron chi connectivity index (χ3n) is 4.77. The van der Waals surface area contributed by atoms with Crippen molar-refractivity contribution in [2.45, 2.75) is 44.8 Å². The van der Waals surface area contributed by atoms with Crippen molar-refractivity contribution in [3.8, 4) is 0 Å². The van der Waals surface area contributed by atoms with E-state index in [1.165, 1.54) is 12.3 Å². The lowest BCUT2D eigenvalue weighted by Gasteiger charge is -2.31. The van der Waals surface area contributed by atoms with E-state index in [0.717, 1.165) is 18.9 Å². The molecular weight excluding hydrogens is 399 g/mol. The number of halogens is 3. The molecule has 1 saturated heterocycles. The third kappa shape index (κ3) is 4.96. The highest BCUT2D eigenvalue weighted by Crippen LogP contribution is 2.32. The first-order valence-corrected chi connectivity index (χ1v) is 9.58. The van der Waals surface area contributed by atoms with E-state index >= 15 is 0 Å². The van der Waals surface area contributed by atoms with Gasteiger partial charge in [0.25, 0.3) is 5.91 Å². The molecule has 3 rings (SSSR count). The minimum atomic E-state index is -4.62. The zero-order chi connectivity index (χ0) is 22.1. The van der Waals surface area contributed by atoms with Gasteiger partial charge in [-0.2, -0.15) is 18.2 Å². The normalized spacial score (nSPS) is 17.3. The second kappa shape index (κ2) is 8.42. The highest BCUT2D eigenvalue weighted by atomic mass is 19.4. The van der Waals surface area contributed by atoms with Crippen molar-refractivity contribution in [3.05, 3.63) is 35.3 Å². The molecule has 0 aliphatic carbocycles. The number of aromatic nitrogens is 3. The molecule has 162 valence electrons. The van der Waals surface area contributed by atoms with Gasteiger partial charge in [0.2, 0.25) is 5.95 Å². The van der Waals surface area contributed by atoms with Gasteiger partial charge in [0.1, 0.15) is 17.1 Å². The van der Waals surface area contributed by atoms with E-state index in [1.807, 2.05) is 4.90 Å². The van der Waals surface area contributed by atoms with Crippen LogP contribution >= 0.6 is 0 Å². The lowest BCUT2D eigenvalue weighted by molar-refractivity contribution is -0.141. The van der Waals surface area contributed by atoms with E-state index in [0.29, 0.717) is 19.0 Å². The molecule has 0 radical (unpaired) electrons. The average molecular weight is 423 g/mol. The molecule has 1 atom stereocenters. The SMILES string of the molecule is CC(C)c1cc(Nc2nc(N3CCCC(N)C3)ncc2C(N)=O)cc(C(F)(F)F)n1. The quantitative estimate of drug-likeness (QED) is 0.676. The van der Waals surface area contributed by atoms with Crippen molar-refractivity contribution in [2.24, 2.45) is 11.5 Å². The molecule has 5 N–H and O–H groups in total. The number of amides is 1. The Hall–Kier alpha value is -2.95. The molecule has 1 fully saturated rings. The van der Waals surface area contributed by atoms with Crippen LogP contribution in [-0.4, -0.2) is 40.0 Å². The fourth-order valence-corrected chi connectivity index (χ4v) is 3.19. The molecule has 0 spiro atoms. The molecule has 1 aliphatic rings. The number of pyridine rings is 1.